The van der Waals surface area contributed by atoms with Gasteiger partial charge in [0.25, 0.3) is 0 Å². The average Bonchev–Trinajstić information content (AvgIpc) is 2.19. The number of hydrogen-bond donors (Lipinski definition) is 1. The molecule has 1 fully saturated rings. The molecule has 14 heavy (non-hydrogen) atoms. The van der Waals surface area contributed by atoms with Crippen LogP contribution >= 0.6 is 0 Å². The lowest BCUT2D eigenvalue weighted by molar-refractivity contribution is -0.0564. The van der Waals surface area contributed by atoms with Gasteiger partial charge < -0.3 is 5.11 Å². The van der Waals surface area contributed by atoms with Gasteiger partial charge in [0.15, 0.2) is 0 Å². The number of hydrogen-bond acceptors (Lipinski definition) is 1. The van der Waals surface area contributed by atoms with Crippen molar-refractivity contribution in [2.45, 2.75) is 71.3 Å². The summed E-state index contributed by atoms with van der Waals surface area (Å²) in [5.41, 5.74) is -0.332. The van der Waals surface area contributed by atoms with Crippen LogP contribution in [-0.4, -0.2) is 10.7 Å². The maximum absolute atomic E-state index is 10.5. The molecule has 1 aliphatic rings. The highest BCUT2D eigenvalue weighted by atomic mass is 16.3. The molecule has 1 nitrogen and oxygen atoms in total. The Morgan fingerprint density at radius 2 is 1.86 bits per heavy atom. The van der Waals surface area contributed by atoms with E-state index in [1.165, 1.54) is 32.1 Å². The van der Waals surface area contributed by atoms with E-state index in [-0.39, 0.29) is 5.60 Å². The Morgan fingerprint density at radius 1 is 1.29 bits per heavy atom. The predicted molar refractivity (Wildman–Crippen MR) is 61.3 cm³/mol. The molecule has 1 rings (SSSR count). The first-order valence-electron chi connectivity index (χ1n) is 6.34. The molecule has 1 aliphatic carbocycles. The second-order valence-corrected chi connectivity index (χ2v) is 5.14. The Morgan fingerprint density at radius 3 is 2.29 bits per heavy atom. The molecule has 0 heterocycles. The van der Waals surface area contributed by atoms with E-state index >= 15 is 0 Å². The Kier molecular flexibility index (Phi) is 4.43. The molecule has 1 heteroatoms. The summed E-state index contributed by atoms with van der Waals surface area (Å²) in [6.45, 7) is 6.69. The first-order valence-corrected chi connectivity index (χ1v) is 6.34. The fourth-order valence-corrected chi connectivity index (χ4v) is 2.78. The SMILES string of the molecule is CCCC(C)C1(O)CCC(CC)CC1. The van der Waals surface area contributed by atoms with Crippen LogP contribution in [0.25, 0.3) is 0 Å². The van der Waals surface area contributed by atoms with Gasteiger partial charge in [-0.05, 0) is 43.9 Å². The summed E-state index contributed by atoms with van der Waals surface area (Å²) in [5.74, 6) is 1.37. The minimum atomic E-state index is -0.332. The summed E-state index contributed by atoms with van der Waals surface area (Å²) in [6.07, 6.45) is 8.20. The van der Waals surface area contributed by atoms with Crippen LogP contribution in [-0.2, 0) is 0 Å². The zero-order valence-electron chi connectivity index (χ0n) is 10.1. The normalized spacial score (nSPS) is 35.6. The van der Waals surface area contributed by atoms with Crippen LogP contribution in [0.4, 0.5) is 0 Å². The van der Waals surface area contributed by atoms with Crippen molar-refractivity contribution in [2.24, 2.45) is 11.8 Å². The molecule has 0 saturated heterocycles. The fourth-order valence-electron chi connectivity index (χ4n) is 2.78. The van der Waals surface area contributed by atoms with Crippen molar-refractivity contribution < 1.29 is 5.11 Å². The molecule has 1 unspecified atom stereocenters. The van der Waals surface area contributed by atoms with E-state index in [1.807, 2.05) is 0 Å². The summed E-state index contributed by atoms with van der Waals surface area (Å²) in [7, 11) is 0. The zero-order valence-corrected chi connectivity index (χ0v) is 10.1. The summed E-state index contributed by atoms with van der Waals surface area (Å²) in [6, 6.07) is 0. The zero-order chi connectivity index (χ0) is 10.6. The largest absolute Gasteiger partial charge is 0.390 e. The van der Waals surface area contributed by atoms with Gasteiger partial charge in [-0.25, -0.2) is 0 Å². The van der Waals surface area contributed by atoms with E-state index in [4.69, 9.17) is 0 Å². The number of rotatable bonds is 4. The van der Waals surface area contributed by atoms with Crippen LogP contribution in [0.5, 0.6) is 0 Å². The van der Waals surface area contributed by atoms with Gasteiger partial charge in [0.2, 0.25) is 0 Å². The minimum absolute atomic E-state index is 0.332. The van der Waals surface area contributed by atoms with Crippen molar-refractivity contribution >= 4 is 0 Å². The highest BCUT2D eigenvalue weighted by Crippen LogP contribution is 2.39. The molecule has 0 aromatic heterocycles. The third-order valence-electron chi connectivity index (χ3n) is 4.19. The summed E-state index contributed by atoms with van der Waals surface area (Å²) < 4.78 is 0. The molecule has 1 N–H and O–H groups in total. The van der Waals surface area contributed by atoms with Gasteiger partial charge in [-0.1, -0.05) is 33.6 Å². The first-order chi connectivity index (χ1) is 6.62. The van der Waals surface area contributed by atoms with Crippen LogP contribution in [0.1, 0.15) is 65.7 Å². The van der Waals surface area contributed by atoms with Crippen molar-refractivity contribution in [3.63, 3.8) is 0 Å². The molecule has 0 spiro atoms. The second kappa shape index (κ2) is 5.16. The maximum Gasteiger partial charge on any atom is 0.0673 e. The van der Waals surface area contributed by atoms with Gasteiger partial charge >= 0.3 is 0 Å². The lowest BCUT2D eigenvalue weighted by Gasteiger charge is -2.40. The molecular formula is C13H26O. The maximum atomic E-state index is 10.5. The van der Waals surface area contributed by atoms with E-state index < -0.39 is 0 Å². The van der Waals surface area contributed by atoms with E-state index in [0.717, 1.165) is 18.8 Å². The van der Waals surface area contributed by atoms with Crippen molar-refractivity contribution in [2.75, 3.05) is 0 Å². The van der Waals surface area contributed by atoms with E-state index in [1.54, 1.807) is 0 Å². The molecule has 0 bridgehead atoms. The summed E-state index contributed by atoms with van der Waals surface area (Å²) >= 11 is 0. The molecule has 1 saturated carbocycles. The van der Waals surface area contributed by atoms with Gasteiger partial charge in [0.1, 0.15) is 0 Å². The first kappa shape index (κ1) is 12.0. The van der Waals surface area contributed by atoms with E-state index in [2.05, 4.69) is 20.8 Å². The second-order valence-electron chi connectivity index (χ2n) is 5.14. The van der Waals surface area contributed by atoms with Crippen molar-refractivity contribution in [1.82, 2.24) is 0 Å². The number of aliphatic hydroxyl groups is 1. The summed E-state index contributed by atoms with van der Waals surface area (Å²) in [5, 5.41) is 10.5. The van der Waals surface area contributed by atoms with Crippen LogP contribution in [0.2, 0.25) is 0 Å². The monoisotopic (exact) mass is 198 g/mol. The smallest absolute Gasteiger partial charge is 0.0673 e. The van der Waals surface area contributed by atoms with Crippen LogP contribution in [0.15, 0.2) is 0 Å². The lowest BCUT2D eigenvalue weighted by Crippen LogP contribution is -2.40. The molecule has 0 amide bonds. The molecule has 84 valence electrons. The van der Waals surface area contributed by atoms with Crippen LogP contribution in [0, 0.1) is 11.8 Å². The minimum Gasteiger partial charge on any atom is -0.390 e. The van der Waals surface area contributed by atoms with Crippen LogP contribution in [0.3, 0.4) is 0 Å². The van der Waals surface area contributed by atoms with E-state index in [9.17, 15) is 5.11 Å². The topological polar surface area (TPSA) is 20.2 Å². The third-order valence-corrected chi connectivity index (χ3v) is 4.19. The molecule has 0 aromatic rings. The van der Waals surface area contributed by atoms with E-state index in [0.29, 0.717) is 5.92 Å². The molecule has 0 radical (unpaired) electrons. The van der Waals surface area contributed by atoms with Gasteiger partial charge in [-0.15, -0.1) is 0 Å². The standard InChI is InChI=1S/C13H26O/c1-4-6-11(3)13(14)9-7-12(5-2)8-10-13/h11-12,14H,4-10H2,1-3H3. The Bertz CT molecular complexity index is 157. The van der Waals surface area contributed by atoms with Gasteiger partial charge in [0, 0.05) is 0 Å². The van der Waals surface area contributed by atoms with Gasteiger partial charge in [-0.3, -0.25) is 0 Å². The third kappa shape index (κ3) is 2.73. The van der Waals surface area contributed by atoms with Gasteiger partial charge in [0.05, 0.1) is 5.60 Å². The Labute approximate surface area is 88.9 Å². The molecule has 1 atom stereocenters. The van der Waals surface area contributed by atoms with Crippen molar-refractivity contribution in [3.8, 4) is 0 Å². The van der Waals surface area contributed by atoms with Crippen molar-refractivity contribution in [1.29, 1.82) is 0 Å². The molecule has 0 aromatic carbocycles. The highest BCUT2D eigenvalue weighted by molar-refractivity contribution is 4.88. The average molecular weight is 198 g/mol. The lowest BCUT2D eigenvalue weighted by atomic mass is 9.71. The Balaban J connectivity index is 2.43. The van der Waals surface area contributed by atoms with Crippen LogP contribution < -0.4 is 0 Å². The fraction of sp³-hybridized carbons (Fsp3) is 1.00. The molecule has 0 aliphatic heterocycles. The highest BCUT2D eigenvalue weighted by Gasteiger charge is 2.36. The molecular weight excluding hydrogens is 172 g/mol. The quantitative estimate of drug-likeness (QED) is 0.729. The van der Waals surface area contributed by atoms with Crippen molar-refractivity contribution in [3.05, 3.63) is 0 Å². The summed E-state index contributed by atoms with van der Waals surface area (Å²) in [4.78, 5) is 0. The predicted octanol–water partition coefficient (Wildman–Crippen LogP) is 3.75. The Hall–Kier alpha value is -0.0400. The van der Waals surface area contributed by atoms with Gasteiger partial charge in [-0.2, -0.15) is 0 Å².